The Morgan fingerprint density at radius 1 is 1.09 bits per heavy atom. The number of nitrogens with one attached hydrogen (secondary N) is 3. The fourth-order valence-electron chi connectivity index (χ4n) is 2.46. The van der Waals surface area contributed by atoms with Crippen LogP contribution in [0.15, 0.2) is 35.3 Å². The highest BCUT2D eigenvalue weighted by Gasteiger charge is 2.09. The molecule has 3 N–H and O–H groups in total. The number of aliphatic imine (C=N–C) groups is 1. The van der Waals surface area contributed by atoms with Gasteiger partial charge >= 0.3 is 0 Å². The maximum absolute atomic E-state index is 5.35. The van der Waals surface area contributed by atoms with Crippen LogP contribution in [-0.2, 0) is 4.74 Å². The quantitative estimate of drug-likeness (QED) is 0.379. The SMILES string of the molecule is CN=C(NCCCNc1ccccc1)NCCN1CCOCC1. The maximum Gasteiger partial charge on any atom is 0.191 e. The van der Waals surface area contributed by atoms with Crippen LogP contribution in [0.25, 0.3) is 0 Å². The second-order valence-electron chi connectivity index (χ2n) is 5.53. The van der Waals surface area contributed by atoms with E-state index in [1.54, 1.807) is 0 Å². The van der Waals surface area contributed by atoms with Crippen LogP contribution >= 0.6 is 0 Å². The highest BCUT2D eigenvalue weighted by Crippen LogP contribution is 2.04. The van der Waals surface area contributed by atoms with Crippen molar-refractivity contribution in [2.75, 3.05) is 64.8 Å². The van der Waals surface area contributed by atoms with Crippen LogP contribution in [0.5, 0.6) is 0 Å². The summed E-state index contributed by atoms with van der Waals surface area (Å²) in [5.74, 6) is 0.873. The lowest BCUT2D eigenvalue weighted by molar-refractivity contribution is 0.0389. The van der Waals surface area contributed by atoms with Gasteiger partial charge in [0.15, 0.2) is 5.96 Å². The third-order valence-corrected chi connectivity index (χ3v) is 3.80. The van der Waals surface area contributed by atoms with Gasteiger partial charge in [0.2, 0.25) is 0 Å². The molecule has 1 saturated heterocycles. The van der Waals surface area contributed by atoms with Crippen LogP contribution in [0.2, 0.25) is 0 Å². The van der Waals surface area contributed by atoms with E-state index in [0.29, 0.717) is 0 Å². The van der Waals surface area contributed by atoms with Crippen molar-refractivity contribution in [3.63, 3.8) is 0 Å². The monoisotopic (exact) mass is 319 g/mol. The molecule has 1 fully saturated rings. The maximum atomic E-state index is 5.35. The van der Waals surface area contributed by atoms with Gasteiger partial charge in [-0.05, 0) is 18.6 Å². The van der Waals surface area contributed by atoms with Crippen LogP contribution in [0.1, 0.15) is 6.42 Å². The number of ether oxygens (including phenoxy) is 1. The second-order valence-corrected chi connectivity index (χ2v) is 5.53. The van der Waals surface area contributed by atoms with Gasteiger partial charge in [0, 0.05) is 52.0 Å². The molecule has 0 saturated carbocycles. The van der Waals surface area contributed by atoms with Gasteiger partial charge < -0.3 is 20.7 Å². The fourth-order valence-corrected chi connectivity index (χ4v) is 2.46. The lowest BCUT2D eigenvalue weighted by Gasteiger charge is -2.26. The molecule has 1 aromatic carbocycles. The van der Waals surface area contributed by atoms with Crippen molar-refractivity contribution < 1.29 is 4.74 Å². The van der Waals surface area contributed by atoms with Crippen molar-refractivity contribution in [2.45, 2.75) is 6.42 Å². The van der Waals surface area contributed by atoms with Crippen LogP contribution in [-0.4, -0.2) is 70.4 Å². The molecule has 0 amide bonds. The summed E-state index contributed by atoms with van der Waals surface area (Å²) in [6.45, 7) is 7.53. The first-order valence-electron chi connectivity index (χ1n) is 8.42. The van der Waals surface area contributed by atoms with Crippen LogP contribution in [0, 0.1) is 0 Å². The first kappa shape index (κ1) is 17.6. The molecular weight excluding hydrogens is 290 g/mol. The summed E-state index contributed by atoms with van der Waals surface area (Å²) < 4.78 is 5.35. The second kappa shape index (κ2) is 10.9. The molecule has 1 heterocycles. The van der Waals surface area contributed by atoms with Crippen LogP contribution in [0.3, 0.4) is 0 Å². The number of benzene rings is 1. The third kappa shape index (κ3) is 7.34. The van der Waals surface area contributed by atoms with E-state index in [0.717, 1.165) is 64.9 Å². The first-order valence-corrected chi connectivity index (χ1v) is 8.42. The average Bonchev–Trinajstić information content (AvgIpc) is 2.61. The standard InChI is InChI=1S/C17H29N5O/c1-18-17(21-10-11-22-12-14-23-15-13-22)20-9-5-8-19-16-6-3-2-4-7-16/h2-4,6-7,19H,5,8-15H2,1H3,(H2,18,20,21). The largest absolute Gasteiger partial charge is 0.385 e. The summed E-state index contributed by atoms with van der Waals surface area (Å²) in [4.78, 5) is 6.67. The molecule has 6 heteroatoms. The molecule has 128 valence electrons. The number of anilines is 1. The van der Waals surface area contributed by atoms with Crippen molar-refractivity contribution in [3.05, 3.63) is 30.3 Å². The third-order valence-electron chi connectivity index (χ3n) is 3.80. The van der Waals surface area contributed by atoms with Gasteiger partial charge in [0.05, 0.1) is 13.2 Å². The number of rotatable bonds is 8. The molecule has 0 aliphatic carbocycles. The molecule has 0 atom stereocenters. The molecule has 0 unspecified atom stereocenters. The summed E-state index contributed by atoms with van der Waals surface area (Å²) in [5.41, 5.74) is 1.17. The molecular formula is C17H29N5O. The Hall–Kier alpha value is -1.79. The van der Waals surface area contributed by atoms with Gasteiger partial charge in [-0.3, -0.25) is 9.89 Å². The van der Waals surface area contributed by atoms with E-state index in [9.17, 15) is 0 Å². The minimum atomic E-state index is 0.849. The molecule has 0 radical (unpaired) electrons. The van der Waals surface area contributed by atoms with E-state index < -0.39 is 0 Å². The zero-order chi connectivity index (χ0) is 16.2. The van der Waals surface area contributed by atoms with Gasteiger partial charge in [-0.25, -0.2) is 0 Å². The summed E-state index contributed by atoms with van der Waals surface area (Å²) >= 11 is 0. The van der Waals surface area contributed by atoms with E-state index in [1.807, 2.05) is 25.2 Å². The minimum absolute atomic E-state index is 0.849. The van der Waals surface area contributed by atoms with E-state index in [-0.39, 0.29) is 0 Å². The number of para-hydroxylation sites is 1. The molecule has 1 aliphatic rings. The summed E-state index contributed by atoms with van der Waals surface area (Å²) in [6, 6.07) is 10.3. The molecule has 0 aromatic heterocycles. The lowest BCUT2D eigenvalue weighted by Crippen LogP contribution is -2.44. The van der Waals surface area contributed by atoms with E-state index in [4.69, 9.17) is 4.74 Å². The van der Waals surface area contributed by atoms with Crippen molar-refractivity contribution in [1.82, 2.24) is 15.5 Å². The number of nitrogens with zero attached hydrogens (tertiary/aromatic N) is 2. The highest BCUT2D eigenvalue weighted by molar-refractivity contribution is 5.79. The molecule has 1 aliphatic heterocycles. The minimum Gasteiger partial charge on any atom is -0.385 e. The van der Waals surface area contributed by atoms with E-state index in [2.05, 4.69) is 38.0 Å². The molecule has 23 heavy (non-hydrogen) atoms. The fraction of sp³-hybridized carbons (Fsp3) is 0.588. The lowest BCUT2D eigenvalue weighted by atomic mass is 10.3. The summed E-state index contributed by atoms with van der Waals surface area (Å²) in [5, 5.41) is 10.1. The molecule has 0 spiro atoms. The predicted octanol–water partition coefficient (Wildman–Crippen LogP) is 0.986. The van der Waals surface area contributed by atoms with Gasteiger partial charge in [-0.15, -0.1) is 0 Å². The van der Waals surface area contributed by atoms with Gasteiger partial charge in [0.1, 0.15) is 0 Å². The van der Waals surface area contributed by atoms with Crippen molar-refractivity contribution in [1.29, 1.82) is 0 Å². The topological polar surface area (TPSA) is 60.9 Å². The number of morpholine rings is 1. The Labute approximate surface area is 139 Å². The van der Waals surface area contributed by atoms with Gasteiger partial charge in [-0.1, -0.05) is 18.2 Å². The van der Waals surface area contributed by atoms with Crippen molar-refractivity contribution >= 4 is 11.6 Å². The number of guanidine groups is 1. The Morgan fingerprint density at radius 3 is 2.57 bits per heavy atom. The molecule has 1 aromatic rings. The molecule has 0 bridgehead atoms. The summed E-state index contributed by atoms with van der Waals surface area (Å²) in [6.07, 6.45) is 1.04. The molecule has 2 rings (SSSR count). The predicted molar refractivity (Wildman–Crippen MR) is 96.2 cm³/mol. The summed E-state index contributed by atoms with van der Waals surface area (Å²) in [7, 11) is 1.81. The smallest absolute Gasteiger partial charge is 0.191 e. The zero-order valence-corrected chi connectivity index (χ0v) is 14.1. The zero-order valence-electron chi connectivity index (χ0n) is 14.1. The number of hydrogen-bond acceptors (Lipinski definition) is 4. The van der Waals surface area contributed by atoms with E-state index >= 15 is 0 Å². The van der Waals surface area contributed by atoms with E-state index in [1.165, 1.54) is 5.69 Å². The Morgan fingerprint density at radius 2 is 1.83 bits per heavy atom. The Balaban J connectivity index is 1.51. The van der Waals surface area contributed by atoms with Crippen molar-refractivity contribution in [2.24, 2.45) is 4.99 Å². The van der Waals surface area contributed by atoms with Crippen LogP contribution < -0.4 is 16.0 Å². The van der Waals surface area contributed by atoms with Gasteiger partial charge in [-0.2, -0.15) is 0 Å². The van der Waals surface area contributed by atoms with Crippen molar-refractivity contribution in [3.8, 4) is 0 Å². The Kier molecular flexibility index (Phi) is 8.29. The average molecular weight is 319 g/mol. The highest BCUT2D eigenvalue weighted by atomic mass is 16.5. The Bertz CT molecular complexity index is 446. The van der Waals surface area contributed by atoms with Gasteiger partial charge in [0.25, 0.3) is 0 Å². The number of hydrogen-bond donors (Lipinski definition) is 3. The normalized spacial score (nSPS) is 16.1. The molecule has 6 nitrogen and oxygen atoms in total. The first-order chi connectivity index (χ1) is 11.4. The van der Waals surface area contributed by atoms with Crippen LogP contribution in [0.4, 0.5) is 5.69 Å².